The van der Waals surface area contributed by atoms with Crippen molar-refractivity contribution in [1.82, 2.24) is 4.57 Å². The Morgan fingerprint density at radius 3 is 1.66 bits per heavy atom. The molecule has 1 aromatic heterocycles. The quantitative estimate of drug-likeness (QED) is 0.253. The van der Waals surface area contributed by atoms with Gasteiger partial charge in [-0.1, -0.05) is 0 Å². The minimum absolute atomic E-state index is 0.489. The van der Waals surface area contributed by atoms with E-state index in [-0.39, 0.29) is 0 Å². The van der Waals surface area contributed by atoms with Crippen LogP contribution in [-0.2, 0) is 0 Å². The van der Waals surface area contributed by atoms with Crippen molar-refractivity contribution in [2.45, 2.75) is 0 Å². The molecular formula is C34H23IN3-. The fourth-order valence-corrected chi connectivity index (χ4v) is 7.09. The number of nitrogens with zero attached hydrogens (tertiary/aromatic N) is 3. The number of hydrogen-bond donors (Lipinski definition) is 0. The van der Waals surface area contributed by atoms with Gasteiger partial charge in [0.15, 0.2) is 0 Å². The summed E-state index contributed by atoms with van der Waals surface area (Å²) in [4.78, 5) is 10.2. The standard InChI is InChI=1S/C34H23IN3/c1-3-11-24(12-4-1)30-23-35-33(37-34(36-30)26-13-5-2-6-14-26)25-19-21-27(22-20-25)38-31-17-9-7-15-28(31)29-16-8-10-18-32(29)38/h1-23H/q-1. The molecule has 0 bridgehead atoms. The SMILES string of the molecule is C1=C(c2ccccc2)N=C(c2ccccc2)N=C(c2ccc(-n3c4ccccc4c4ccccc43)cc2)[I-]1. The van der Waals surface area contributed by atoms with Gasteiger partial charge in [-0.05, 0) is 0 Å². The summed E-state index contributed by atoms with van der Waals surface area (Å²) >= 11 is -0.489. The molecule has 182 valence electrons. The number of fused-ring (bicyclic) bond motifs is 3. The number of hydrogen-bond acceptors (Lipinski definition) is 2. The molecule has 6 aromatic rings. The van der Waals surface area contributed by atoms with E-state index in [4.69, 9.17) is 9.98 Å². The van der Waals surface area contributed by atoms with E-state index in [1.807, 2.05) is 24.3 Å². The number of para-hydroxylation sites is 2. The normalized spacial score (nSPS) is 13.8. The molecule has 0 aliphatic carbocycles. The Bertz CT molecular complexity index is 1810. The maximum absolute atomic E-state index is 5.14. The summed E-state index contributed by atoms with van der Waals surface area (Å²) < 4.78 is 5.76. The average Bonchev–Trinajstić information content (AvgIpc) is 3.16. The van der Waals surface area contributed by atoms with Gasteiger partial charge in [0, 0.05) is 0 Å². The summed E-state index contributed by atoms with van der Waals surface area (Å²) in [6, 6.07) is 46.8. The zero-order chi connectivity index (χ0) is 25.3. The molecule has 7 rings (SSSR count). The first-order chi connectivity index (χ1) is 18.8. The molecule has 38 heavy (non-hydrogen) atoms. The van der Waals surface area contributed by atoms with Crippen molar-refractivity contribution in [2.24, 2.45) is 9.98 Å². The van der Waals surface area contributed by atoms with Gasteiger partial charge in [0.1, 0.15) is 0 Å². The fourth-order valence-electron chi connectivity index (χ4n) is 4.91. The van der Waals surface area contributed by atoms with E-state index in [9.17, 15) is 0 Å². The van der Waals surface area contributed by atoms with Crippen LogP contribution in [0.5, 0.6) is 0 Å². The van der Waals surface area contributed by atoms with Crippen LogP contribution in [0, 0.1) is 0 Å². The summed E-state index contributed by atoms with van der Waals surface area (Å²) in [5.74, 6) is 0.763. The molecule has 0 atom stereocenters. The van der Waals surface area contributed by atoms with Crippen molar-refractivity contribution in [2.75, 3.05) is 0 Å². The first-order valence-electron chi connectivity index (χ1n) is 12.6. The number of amidine groups is 1. The van der Waals surface area contributed by atoms with Gasteiger partial charge in [-0.15, -0.1) is 0 Å². The van der Waals surface area contributed by atoms with E-state index < -0.39 is 21.2 Å². The molecule has 1 aliphatic heterocycles. The monoisotopic (exact) mass is 600 g/mol. The van der Waals surface area contributed by atoms with Gasteiger partial charge < -0.3 is 0 Å². The molecule has 2 heterocycles. The molecule has 0 fully saturated rings. The van der Waals surface area contributed by atoms with Crippen molar-refractivity contribution in [3.63, 3.8) is 0 Å². The maximum atomic E-state index is 5.14. The second-order valence-electron chi connectivity index (χ2n) is 9.09. The van der Waals surface area contributed by atoms with E-state index in [1.54, 1.807) is 0 Å². The van der Waals surface area contributed by atoms with Crippen molar-refractivity contribution in [3.05, 3.63) is 154 Å². The Morgan fingerprint density at radius 2 is 1.03 bits per heavy atom. The Labute approximate surface area is 231 Å². The first kappa shape index (κ1) is 22.9. The summed E-state index contributed by atoms with van der Waals surface area (Å²) in [5.41, 5.74) is 7.88. The van der Waals surface area contributed by atoms with Gasteiger partial charge >= 0.3 is 233 Å². The van der Waals surface area contributed by atoms with Gasteiger partial charge in [-0.3, -0.25) is 0 Å². The molecule has 1 aliphatic rings. The van der Waals surface area contributed by atoms with Gasteiger partial charge in [-0.25, -0.2) is 0 Å². The van der Waals surface area contributed by atoms with Crippen LogP contribution in [0.1, 0.15) is 16.7 Å². The zero-order valence-corrected chi connectivity index (χ0v) is 22.7. The molecule has 0 amide bonds. The Morgan fingerprint density at radius 1 is 0.474 bits per heavy atom. The van der Waals surface area contributed by atoms with Crippen LogP contribution < -0.4 is 21.2 Å². The van der Waals surface area contributed by atoms with Crippen LogP contribution in [0.25, 0.3) is 33.2 Å². The predicted octanol–water partition coefficient (Wildman–Crippen LogP) is 5.08. The molecule has 0 saturated heterocycles. The van der Waals surface area contributed by atoms with Crippen molar-refractivity contribution >= 4 is 37.1 Å². The Balaban J connectivity index is 1.31. The van der Waals surface area contributed by atoms with Crippen LogP contribution in [0.3, 0.4) is 0 Å². The fraction of sp³-hybridized carbons (Fsp3) is 0. The third kappa shape index (κ3) is 4.17. The van der Waals surface area contributed by atoms with Gasteiger partial charge in [0.25, 0.3) is 0 Å². The number of halogens is 1. The third-order valence-corrected chi connectivity index (χ3v) is 9.09. The van der Waals surface area contributed by atoms with Crippen LogP contribution in [0.15, 0.2) is 148 Å². The first-order valence-corrected chi connectivity index (χ1v) is 14.9. The summed E-state index contributed by atoms with van der Waals surface area (Å²) in [7, 11) is 0. The third-order valence-electron chi connectivity index (χ3n) is 6.74. The summed E-state index contributed by atoms with van der Waals surface area (Å²) in [6.45, 7) is 0. The molecular weight excluding hydrogens is 577 g/mol. The van der Waals surface area contributed by atoms with Gasteiger partial charge in [0.2, 0.25) is 0 Å². The predicted molar refractivity (Wildman–Crippen MR) is 155 cm³/mol. The second-order valence-corrected chi connectivity index (χ2v) is 11.4. The van der Waals surface area contributed by atoms with E-state index in [0.717, 1.165) is 37.6 Å². The second kappa shape index (κ2) is 9.88. The number of aromatic nitrogens is 1. The van der Waals surface area contributed by atoms with E-state index >= 15 is 0 Å². The topological polar surface area (TPSA) is 29.6 Å². The van der Waals surface area contributed by atoms with Gasteiger partial charge in [-0.2, -0.15) is 0 Å². The van der Waals surface area contributed by atoms with Crippen LogP contribution in [0.4, 0.5) is 0 Å². The number of aliphatic imine (C=N–C) groups is 2. The number of benzene rings is 5. The van der Waals surface area contributed by atoms with E-state index in [2.05, 4.69) is 118 Å². The Kier molecular flexibility index (Phi) is 5.94. The number of rotatable bonds is 4. The molecule has 4 heteroatoms. The molecule has 0 saturated carbocycles. The van der Waals surface area contributed by atoms with Crippen LogP contribution in [-0.4, -0.2) is 14.1 Å². The molecule has 0 spiro atoms. The molecule has 0 radical (unpaired) electrons. The van der Waals surface area contributed by atoms with Crippen LogP contribution >= 0.6 is 0 Å². The summed E-state index contributed by atoms with van der Waals surface area (Å²) in [5, 5.41) is 2.54. The van der Waals surface area contributed by atoms with Crippen molar-refractivity contribution in [1.29, 1.82) is 0 Å². The van der Waals surface area contributed by atoms with Crippen molar-refractivity contribution in [3.8, 4) is 5.69 Å². The van der Waals surface area contributed by atoms with Gasteiger partial charge in [0.05, 0.1) is 0 Å². The minimum atomic E-state index is -0.489. The molecule has 0 N–H and O–H groups in total. The average molecular weight is 600 g/mol. The molecule has 5 aromatic carbocycles. The molecule has 3 nitrogen and oxygen atoms in total. The zero-order valence-electron chi connectivity index (χ0n) is 20.5. The van der Waals surface area contributed by atoms with Crippen LogP contribution in [0.2, 0.25) is 0 Å². The Hall–Kier alpha value is -4.29. The van der Waals surface area contributed by atoms with E-state index in [1.165, 1.54) is 21.8 Å². The summed E-state index contributed by atoms with van der Waals surface area (Å²) in [6.07, 6.45) is 0. The van der Waals surface area contributed by atoms with E-state index in [0.29, 0.717) is 0 Å². The molecule has 0 unspecified atom stereocenters. The van der Waals surface area contributed by atoms with Crippen molar-refractivity contribution < 1.29 is 21.2 Å².